The first-order valence-corrected chi connectivity index (χ1v) is 5.20. The highest BCUT2D eigenvalue weighted by molar-refractivity contribution is 5.48. The van der Waals surface area contributed by atoms with Crippen LogP contribution < -0.4 is 4.74 Å². The van der Waals surface area contributed by atoms with Gasteiger partial charge in [-0.3, -0.25) is 0 Å². The number of aliphatic hydroxyl groups excluding tert-OH is 2. The van der Waals surface area contributed by atoms with E-state index in [2.05, 4.69) is 6.58 Å². The lowest BCUT2D eigenvalue weighted by Crippen LogP contribution is -2.32. The largest absolute Gasteiger partial charge is 0.493 e. The molecule has 2 N–H and O–H groups in total. The van der Waals surface area contributed by atoms with Gasteiger partial charge in [-0.1, -0.05) is 31.7 Å². The average molecular weight is 222 g/mol. The molecule has 0 saturated carbocycles. The summed E-state index contributed by atoms with van der Waals surface area (Å²) in [4.78, 5) is 0. The molecule has 16 heavy (non-hydrogen) atoms. The molecule has 0 fully saturated rings. The van der Waals surface area contributed by atoms with Crippen molar-refractivity contribution in [2.75, 3.05) is 19.8 Å². The normalized spacial score (nSPS) is 11.2. The average Bonchev–Trinajstić information content (AvgIpc) is 2.36. The van der Waals surface area contributed by atoms with Crippen molar-refractivity contribution in [3.05, 3.63) is 36.4 Å². The molecule has 0 aromatic heterocycles. The molecule has 0 heterocycles. The van der Waals surface area contributed by atoms with Gasteiger partial charge in [0.05, 0.1) is 19.8 Å². The molecule has 1 aromatic carbocycles. The number of benzene rings is 1. The first kappa shape index (κ1) is 12.7. The molecule has 0 spiro atoms. The summed E-state index contributed by atoms with van der Waals surface area (Å²) in [5.74, 6) is 0.721. The van der Waals surface area contributed by atoms with Crippen LogP contribution in [0.4, 0.5) is 0 Å². The van der Waals surface area contributed by atoms with Crippen LogP contribution in [0.3, 0.4) is 0 Å². The molecule has 0 amide bonds. The molecule has 0 saturated heterocycles. The Balaban J connectivity index is 2.57. The van der Waals surface area contributed by atoms with Gasteiger partial charge in [0.1, 0.15) is 5.75 Å². The summed E-state index contributed by atoms with van der Waals surface area (Å²) < 4.78 is 5.50. The zero-order chi connectivity index (χ0) is 12.0. The summed E-state index contributed by atoms with van der Waals surface area (Å²) in [6.45, 7) is 5.51. The Morgan fingerprint density at radius 3 is 2.25 bits per heavy atom. The van der Waals surface area contributed by atoms with Crippen LogP contribution in [0.2, 0.25) is 0 Å². The quantitative estimate of drug-likeness (QED) is 0.770. The van der Waals surface area contributed by atoms with Crippen LogP contribution in [-0.4, -0.2) is 30.0 Å². The molecule has 0 aliphatic rings. The van der Waals surface area contributed by atoms with Gasteiger partial charge in [0, 0.05) is 5.41 Å². The van der Waals surface area contributed by atoms with Crippen molar-refractivity contribution in [2.45, 2.75) is 6.92 Å². The van der Waals surface area contributed by atoms with Crippen LogP contribution in [0.15, 0.2) is 30.8 Å². The third-order valence-corrected chi connectivity index (χ3v) is 2.47. The molecule has 3 nitrogen and oxygen atoms in total. The third kappa shape index (κ3) is 3.36. The van der Waals surface area contributed by atoms with Gasteiger partial charge in [0.2, 0.25) is 0 Å². The Labute approximate surface area is 96.0 Å². The predicted molar refractivity (Wildman–Crippen MR) is 64.3 cm³/mol. The van der Waals surface area contributed by atoms with Crippen molar-refractivity contribution < 1.29 is 14.9 Å². The second-order valence-electron chi connectivity index (χ2n) is 4.19. The van der Waals surface area contributed by atoms with Gasteiger partial charge in [-0.25, -0.2) is 0 Å². The monoisotopic (exact) mass is 222 g/mol. The van der Waals surface area contributed by atoms with Gasteiger partial charge in [-0.15, -0.1) is 0 Å². The van der Waals surface area contributed by atoms with Crippen molar-refractivity contribution in [1.82, 2.24) is 0 Å². The van der Waals surface area contributed by atoms with E-state index in [0.29, 0.717) is 0 Å². The molecule has 3 heteroatoms. The minimum absolute atomic E-state index is 0.103. The van der Waals surface area contributed by atoms with Gasteiger partial charge < -0.3 is 14.9 Å². The number of hydrogen-bond donors (Lipinski definition) is 2. The molecule has 0 radical (unpaired) electrons. The molecule has 1 aromatic rings. The second kappa shape index (κ2) is 5.68. The Bertz CT molecular complexity index is 326. The Hall–Kier alpha value is -1.32. The molecule has 0 unspecified atom stereocenters. The molecule has 0 atom stereocenters. The van der Waals surface area contributed by atoms with E-state index < -0.39 is 5.41 Å². The topological polar surface area (TPSA) is 49.7 Å². The fourth-order valence-electron chi connectivity index (χ4n) is 1.10. The van der Waals surface area contributed by atoms with Crippen LogP contribution in [0.25, 0.3) is 6.08 Å². The van der Waals surface area contributed by atoms with E-state index >= 15 is 0 Å². The summed E-state index contributed by atoms with van der Waals surface area (Å²) in [6, 6.07) is 7.48. The Kier molecular flexibility index (Phi) is 4.52. The number of rotatable bonds is 6. The zero-order valence-electron chi connectivity index (χ0n) is 9.52. The van der Waals surface area contributed by atoms with Crippen molar-refractivity contribution in [1.29, 1.82) is 0 Å². The van der Waals surface area contributed by atoms with Crippen LogP contribution in [0.5, 0.6) is 5.75 Å². The standard InChI is InChI=1S/C13H18O3/c1-3-11-4-6-12(7-5-11)16-10-13(2,8-14)9-15/h3-7,14-15H,1,8-10H2,2H3. The SMILES string of the molecule is C=Cc1ccc(OCC(C)(CO)CO)cc1. The van der Waals surface area contributed by atoms with Crippen LogP contribution in [0, 0.1) is 5.41 Å². The van der Waals surface area contributed by atoms with Crippen LogP contribution >= 0.6 is 0 Å². The number of hydrogen-bond acceptors (Lipinski definition) is 3. The summed E-state index contributed by atoms with van der Waals surface area (Å²) >= 11 is 0. The maximum absolute atomic E-state index is 9.09. The van der Waals surface area contributed by atoms with E-state index in [0.717, 1.165) is 11.3 Å². The van der Waals surface area contributed by atoms with Gasteiger partial charge in [0.15, 0.2) is 0 Å². The summed E-state index contributed by atoms with van der Waals surface area (Å²) in [5, 5.41) is 18.2. The van der Waals surface area contributed by atoms with E-state index in [9.17, 15) is 0 Å². The maximum Gasteiger partial charge on any atom is 0.119 e. The minimum Gasteiger partial charge on any atom is -0.493 e. The molecular weight excluding hydrogens is 204 g/mol. The van der Waals surface area contributed by atoms with E-state index in [1.54, 1.807) is 13.0 Å². The van der Waals surface area contributed by atoms with Crippen molar-refractivity contribution in [3.63, 3.8) is 0 Å². The highest BCUT2D eigenvalue weighted by Crippen LogP contribution is 2.19. The van der Waals surface area contributed by atoms with Crippen molar-refractivity contribution in [3.8, 4) is 5.75 Å². The Morgan fingerprint density at radius 2 is 1.81 bits per heavy atom. The van der Waals surface area contributed by atoms with Gasteiger partial charge in [0.25, 0.3) is 0 Å². The summed E-state index contributed by atoms with van der Waals surface area (Å²) in [7, 11) is 0. The van der Waals surface area contributed by atoms with Crippen molar-refractivity contribution >= 4 is 6.08 Å². The fraction of sp³-hybridized carbons (Fsp3) is 0.385. The van der Waals surface area contributed by atoms with Crippen LogP contribution in [-0.2, 0) is 0 Å². The lowest BCUT2D eigenvalue weighted by Gasteiger charge is -2.24. The molecule has 0 bridgehead atoms. The second-order valence-corrected chi connectivity index (χ2v) is 4.19. The minimum atomic E-state index is -0.600. The van der Waals surface area contributed by atoms with Gasteiger partial charge >= 0.3 is 0 Å². The third-order valence-electron chi connectivity index (χ3n) is 2.47. The van der Waals surface area contributed by atoms with Gasteiger partial charge in [-0.2, -0.15) is 0 Å². The number of aliphatic hydroxyl groups is 2. The first-order valence-electron chi connectivity index (χ1n) is 5.20. The number of ether oxygens (including phenoxy) is 1. The molecule has 0 aliphatic carbocycles. The molecule has 1 rings (SSSR count). The highest BCUT2D eigenvalue weighted by Gasteiger charge is 2.23. The molecular formula is C13H18O3. The fourth-order valence-corrected chi connectivity index (χ4v) is 1.10. The first-order chi connectivity index (χ1) is 7.63. The summed E-state index contributed by atoms with van der Waals surface area (Å²) in [6.07, 6.45) is 1.76. The van der Waals surface area contributed by atoms with E-state index in [1.165, 1.54) is 0 Å². The lowest BCUT2D eigenvalue weighted by molar-refractivity contribution is 0.0287. The molecule has 88 valence electrons. The Morgan fingerprint density at radius 1 is 1.25 bits per heavy atom. The van der Waals surface area contributed by atoms with E-state index in [1.807, 2.05) is 24.3 Å². The van der Waals surface area contributed by atoms with Crippen LogP contribution in [0.1, 0.15) is 12.5 Å². The zero-order valence-corrected chi connectivity index (χ0v) is 9.52. The van der Waals surface area contributed by atoms with Gasteiger partial charge in [-0.05, 0) is 17.7 Å². The van der Waals surface area contributed by atoms with Crippen molar-refractivity contribution in [2.24, 2.45) is 5.41 Å². The molecule has 0 aliphatic heterocycles. The van der Waals surface area contributed by atoms with E-state index in [-0.39, 0.29) is 19.8 Å². The maximum atomic E-state index is 9.09. The van der Waals surface area contributed by atoms with E-state index in [4.69, 9.17) is 14.9 Å². The smallest absolute Gasteiger partial charge is 0.119 e. The summed E-state index contributed by atoms with van der Waals surface area (Å²) in [5.41, 5.74) is 0.427. The predicted octanol–water partition coefficient (Wildman–Crippen LogP) is 1.70. The lowest BCUT2D eigenvalue weighted by atomic mass is 9.94. The highest BCUT2D eigenvalue weighted by atomic mass is 16.5.